The molecule has 28 heavy (non-hydrogen) atoms. The van der Waals surface area contributed by atoms with E-state index in [-0.39, 0.29) is 17.0 Å². The number of aromatic nitrogens is 4. The molecule has 1 fully saturated rings. The van der Waals surface area contributed by atoms with Crippen LogP contribution >= 0.6 is 0 Å². The minimum Gasteiger partial charge on any atom is -0.394 e. The SMILES string of the molecule is CCCCCCNc1nc(=O)c2ncn(C3O[C@H](CO)[C@@H](O)[C@H]3O)c2c(=O)[nH]1. The number of imidazole rings is 1. The Bertz CT molecular complexity index is 928. The van der Waals surface area contributed by atoms with E-state index in [0.29, 0.717) is 6.54 Å². The third kappa shape index (κ3) is 3.92. The van der Waals surface area contributed by atoms with Crippen LogP contribution in [0.1, 0.15) is 38.8 Å². The molecule has 0 saturated carbocycles. The molecule has 0 bridgehead atoms. The third-order valence-electron chi connectivity index (χ3n) is 4.77. The molecule has 154 valence electrons. The summed E-state index contributed by atoms with van der Waals surface area (Å²) in [6, 6.07) is 0. The molecule has 4 atom stereocenters. The minimum absolute atomic E-state index is 0.0391. The summed E-state index contributed by atoms with van der Waals surface area (Å²) in [5.41, 5.74) is -1.67. The van der Waals surface area contributed by atoms with Gasteiger partial charge in [0.2, 0.25) is 5.95 Å². The number of H-pyrrole nitrogens is 1. The van der Waals surface area contributed by atoms with Gasteiger partial charge >= 0.3 is 5.56 Å². The van der Waals surface area contributed by atoms with E-state index >= 15 is 0 Å². The van der Waals surface area contributed by atoms with E-state index in [1.54, 1.807) is 0 Å². The molecule has 1 aliphatic rings. The molecule has 1 aliphatic heterocycles. The van der Waals surface area contributed by atoms with Crippen LogP contribution in [0.3, 0.4) is 0 Å². The summed E-state index contributed by atoms with van der Waals surface area (Å²) in [6.07, 6.45) is 0.331. The number of hydrogen-bond acceptors (Lipinski definition) is 9. The molecule has 3 rings (SSSR count). The third-order valence-corrected chi connectivity index (χ3v) is 4.77. The normalized spacial score (nSPS) is 24.7. The standard InChI is InChI=1S/C17H25N5O6/c1-2-3-4-5-6-18-17-20-14(26)10-11(15(27)21-17)22(8-19-10)16-13(25)12(24)9(7-23)28-16/h8-9,12-13,16,23-25H,2-7H2,1H3,(H2,18,20,21,26,27)/t9-,12-,13-,16?/m1/s1. The van der Waals surface area contributed by atoms with Crippen LogP contribution in [-0.2, 0) is 4.74 Å². The van der Waals surface area contributed by atoms with Crippen LogP contribution in [0.25, 0.3) is 11.0 Å². The summed E-state index contributed by atoms with van der Waals surface area (Å²) in [6.45, 7) is 2.15. The lowest BCUT2D eigenvalue weighted by molar-refractivity contribution is -0.0509. The smallest absolute Gasteiger partial charge is 0.301 e. The molecule has 0 spiro atoms. The van der Waals surface area contributed by atoms with Gasteiger partial charge in [-0.3, -0.25) is 19.1 Å². The van der Waals surface area contributed by atoms with Crippen LogP contribution in [0.2, 0.25) is 0 Å². The van der Waals surface area contributed by atoms with E-state index in [1.807, 2.05) is 0 Å². The van der Waals surface area contributed by atoms with Gasteiger partial charge in [0.1, 0.15) is 23.8 Å². The lowest BCUT2D eigenvalue weighted by Gasteiger charge is -2.16. The highest BCUT2D eigenvalue weighted by atomic mass is 16.6. The van der Waals surface area contributed by atoms with E-state index < -0.39 is 42.3 Å². The predicted octanol–water partition coefficient (Wildman–Crippen LogP) is -0.916. The highest BCUT2D eigenvalue weighted by molar-refractivity contribution is 5.73. The number of unbranched alkanes of at least 4 members (excludes halogenated alkanes) is 3. The topological polar surface area (TPSA) is 163 Å². The number of nitrogens with one attached hydrogen (secondary N) is 2. The molecule has 0 amide bonds. The quantitative estimate of drug-likeness (QED) is 0.356. The Morgan fingerprint density at radius 3 is 2.71 bits per heavy atom. The zero-order chi connectivity index (χ0) is 20.3. The Balaban J connectivity index is 1.93. The maximum absolute atomic E-state index is 12.7. The number of hydrogen-bond donors (Lipinski definition) is 5. The monoisotopic (exact) mass is 395 g/mol. The summed E-state index contributed by atoms with van der Waals surface area (Å²) in [4.78, 5) is 35.4. The van der Waals surface area contributed by atoms with Gasteiger partial charge in [0, 0.05) is 6.54 Å². The number of aliphatic hydroxyl groups is 3. The summed E-state index contributed by atoms with van der Waals surface area (Å²) in [5.74, 6) is 0.0391. The van der Waals surface area contributed by atoms with Gasteiger partial charge in [0.05, 0.1) is 12.9 Å². The van der Waals surface area contributed by atoms with Crippen molar-refractivity contribution in [2.75, 3.05) is 18.5 Å². The first-order valence-corrected chi connectivity index (χ1v) is 9.35. The van der Waals surface area contributed by atoms with Gasteiger partial charge in [-0.15, -0.1) is 0 Å². The van der Waals surface area contributed by atoms with E-state index in [1.165, 1.54) is 10.9 Å². The maximum Gasteiger partial charge on any atom is 0.301 e. The largest absolute Gasteiger partial charge is 0.394 e. The molecule has 11 nitrogen and oxygen atoms in total. The van der Waals surface area contributed by atoms with Crippen molar-refractivity contribution in [3.63, 3.8) is 0 Å². The van der Waals surface area contributed by atoms with E-state index in [9.17, 15) is 24.9 Å². The molecule has 0 aromatic carbocycles. The Labute approximate surface area is 160 Å². The number of nitrogens with zero attached hydrogens (tertiary/aromatic N) is 3. The maximum atomic E-state index is 12.7. The molecule has 2 aromatic rings. The number of anilines is 1. The van der Waals surface area contributed by atoms with Crippen LogP contribution in [0, 0.1) is 0 Å². The molecule has 0 aliphatic carbocycles. The fourth-order valence-corrected chi connectivity index (χ4v) is 3.24. The summed E-state index contributed by atoms with van der Waals surface area (Å²) in [7, 11) is 0. The van der Waals surface area contributed by atoms with Gasteiger partial charge in [0.25, 0.3) is 5.56 Å². The minimum atomic E-state index is -1.40. The first kappa shape index (κ1) is 20.4. The molecule has 1 unspecified atom stereocenters. The van der Waals surface area contributed by atoms with Crippen LogP contribution < -0.4 is 16.4 Å². The van der Waals surface area contributed by atoms with Gasteiger partial charge in [-0.2, -0.15) is 4.98 Å². The average molecular weight is 395 g/mol. The Morgan fingerprint density at radius 1 is 1.25 bits per heavy atom. The second-order valence-corrected chi connectivity index (χ2v) is 6.79. The zero-order valence-corrected chi connectivity index (χ0v) is 15.5. The number of aromatic amines is 1. The van der Waals surface area contributed by atoms with Gasteiger partial charge in [-0.1, -0.05) is 26.2 Å². The highest BCUT2D eigenvalue weighted by Gasteiger charge is 2.44. The van der Waals surface area contributed by atoms with Crippen molar-refractivity contribution < 1.29 is 20.1 Å². The first-order valence-electron chi connectivity index (χ1n) is 9.35. The van der Waals surface area contributed by atoms with Crippen molar-refractivity contribution in [1.82, 2.24) is 19.5 Å². The van der Waals surface area contributed by atoms with Gasteiger partial charge < -0.3 is 25.4 Å². The van der Waals surface area contributed by atoms with Crippen molar-refractivity contribution >= 4 is 17.0 Å². The fraction of sp³-hybridized carbons (Fsp3) is 0.647. The van der Waals surface area contributed by atoms with E-state index in [0.717, 1.165) is 25.7 Å². The molecule has 3 heterocycles. The summed E-state index contributed by atoms with van der Waals surface area (Å²) < 4.78 is 6.60. The van der Waals surface area contributed by atoms with Crippen molar-refractivity contribution in [3.8, 4) is 0 Å². The second-order valence-electron chi connectivity index (χ2n) is 6.79. The number of aliphatic hydroxyl groups excluding tert-OH is 3. The Morgan fingerprint density at radius 2 is 2.04 bits per heavy atom. The van der Waals surface area contributed by atoms with Gasteiger partial charge in [-0.25, -0.2) is 4.98 Å². The van der Waals surface area contributed by atoms with Crippen LogP contribution in [0.5, 0.6) is 0 Å². The molecule has 11 heteroatoms. The van der Waals surface area contributed by atoms with Crippen LogP contribution in [0.15, 0.2) is 15.9 Å². The molecule has 0 radical (unpaired) electrons. The fourth-order valence-electron chi connectivity index (χ4n) is 3.24. The van der Waals surface area contributed by atoms with Crippen LogP contribution in [0.4, 0.5) is 5.95 Å². The van der Waals surface area contributed by atoms with Crippen molar-refractivity contribution in [2.45, 2.75) is 57.1 Å². The van der Waals surface area contributed by atoms with E-state index in [4.69, 9.17) is 4.74 Å². The van der Waals surface area contributed by atoms with Crippen LogP contribution in [-0.4, -0.2) is 66.3 Å². The lowest BCUT2D eigenvalue weighted by atomic mass is 10.1. The highest BCUT2D eigenvalue weighted by Crippen LogP contribution is 2.30. The number of rotatable bonds is 8. The summed E-state index contributed by atoms with van der Waals surface area (Å²) >= 11 is 0. The molecule has 1 saturated heterocycles. The molecule has 5 N–H and O–H groups in total. The van der Waals surface area contributed by atoms with Gasteiger partial charge in [-0.05, 0) is 6.42 Å². The van der Waals surface area contributed by atoms with E-state index in [2.05, 4.69) is 27.2 Å². The Hall–Kier alpha value is -2.34. The molecular formula is C17H25N5O6. The second kappa shape index (κ2) is 8.78. The van der Waals surface area contributed by atoms with Crippen molar-refractivity contribution in [3.05, 3.63) is 27.0 Å². The number of ether oxygens (including phenoxy) is 1. The average Bonchev–Trinajstić information content (AvgIpc) is 3.20. The first-order chi connectivity index (χ1) is 13.5. The van der Waals surface area contributed by atoms with Gasteiger partial charge in [0.15, 0.2) is 11.7 Å². The molecular weight excluding hydrogens is 370 g/mol. The zero-order valence-electron chi connectivity index (χ0n) is 15.5. The Kier molecular flexibility index (Phi) is 6.39. The summed E-state index contributed by atoms with van der Waals surface area (Å²) in [5, 5.41) is 32.3. The predicted molar refractivity (Wildman–Crippen MR) is 100 cm³/mol. The lowest BCUT2D eigenvalue weighted by Crippen LogP contribution is -2.33. The molecule has 2 aromatic heterocycles. The van der Waals surface area contributed by atoms with Crippen molar-refractivity contribution in [1.29, 1.82) is 0 Å². The number of fused-ring (bicyclic) bond motifs is 1. The van der Waals surface area contributed by atoms with Crippen molar-refractivity contribution in [2.24, 2.45) is 0 Å².